The molecule has 0 aliphatic carbocycles. The number of morpholine rings is 1. The predicted octanol–water partition coefficient (Wildman–Crippen LogP) is 3.71. The summed E-state index contributed by atoms with van der Waals surface area (Å²) in [6, 6.07) is 6.16. The van der Waals surface area contributed by atoms with Crippen LogP contribution in [0.4, 0.5) is 0 Å². The van der Waals surface area contributed by atoms with E-state index in [0.717, 1.165) is 81.1 Å². The average Bonchev–Trinajstić information content (AvgIpc) is 3.18. The maximum atomic E-state index is 12.9. The van der Waals surface area contributed by atoms with Gasteiger partial charge >= 0.3 is 0 Å². The van der Waals surface area contributed by atoms with Gasteiger partial charge in [0.15, 0.2) is 5.78 Å². The highest BCUT2D eigenvalue weighted by atomic mass is 16.5. The van der Waals surface area contributed by atoms with Crippen molar-refractivity contribution in [2.45, 2.75) is 51.7 Å². The summed E-state index contributed by atoms with van der Waals surface area (Å²) in [7, 11) is 0. The van der Waals surface area contributed by atoms with Gasteiger partial charge in [0, 0.05) is 62.5 Å². The smallest absolute Gasteiger partial charge is 0.165 e. The molecular weight excluding hydrogens is 366 g/mol. The lowest BCUT2D eigenvalue weighted by Crippen LogP contribution is -2.45. The molecule has 1 unspecified atom stereocenters. The molecule has 2 aliphatic rings. The minimum absolute atomic E-state index is 0.139. The van der Waals surface area contributed by atoms with Crippen LogP contribution in [0.2, 0.25) is 0 Å². The van der Waals surface area contributed by atoms with Crippen LogP contribution in [0.1, 0.15) is 55.9 Å². The van der Waals surface area contributed by atoms with Crippen molar-refractivity contribution in [3.63, 3.8) is 0 Å². The van der Waals surface area contributed by atoms with Crippen LogP contribution in [0, 0.1) is 5.92 Å². The number of ketones is 1. The highest BCUT2D eigenvalue weighted by Gasteiger charge is 2.25. The van der Waals surface area contributed by atoms with Gasteiger partial charge in [-0.05, 0) is 45.1 Å². The number of ether oxygens (including phenoxy) is 2. The fraction of sp³-hybridized carbons (Fsp3) is 0.652. The van der Waals surface area contributed by atoms with E-state index in [2.05, 4.69) is 23.8 Å². The van der Waals surface area contributed by atoms with Gasteiger partial charge in [0.25, 0.3) is 0 Å². The molecule has 1 aromatic carbocycles. The van der Waals surface area contributed by atoms with Crippen LogP contribution >= 0.6 is 0 Å². The molecule has 1 atom stereocenters. The Bertz CT molecular complexity index is 826. The van der Waals surface area contributed by atoms with Gasteiger partial charge in [-0.2, -0.15) is 5.10 Å². The van der Waals surface area contributed by atoms with Gasteiger partial charge in [-0.1, -0.05) is 12.1 Å². The van der Waals surface area contributed by atoms with Gasteiger partial charge in [0.1, 0.15) is 5.52 Å². The minimum Gasteiger partial charge on any atom is -0.381 e. The van der Waals surface area contributed by atoms with Crippen molar-refractivity contribution in [1.82, 2.24) is 14.7 Å². The second kappa shape index (κ2) is 9.37. The molecule has 158 valence electrons. The minimum atomic E-state index is 0.139. The summed E-state index contributed by atoms with van der Waals surface area (Å²) in [5, 5.41) is 5.68. The molecule has 2 aromatic rings. The average molecular weight is 400 g/mol. The van der Waals surface area contributed by atoms with Crippen molar-refractivity contribution in [3.05, 3.63) is 30.0 Å². The number of hydrogen-bond donors (Lipinski definition) is 0. The highest BCUT2D eigenvalue weighted by Crippen LogP contribution is 2.23. The second-order valence-corrected chi connectivity index (χ2v) is 8.72. The van der Waals surface area contributed by atoms with E-state index < -0.39 is 0 Å². The Morgan fingerprint density at radius 3 is 2.86 bits per heavy atom. The molecule has 3 heterocycles. The van der Waals surface area contributed by atoms with Gasteiger partial charge in [-0.3, -0.25) is 14.4 Å². The topological polar surface area (TPSA) is 56.6 Å². The van der Waals surface area contributed by atoms with Gasteiger partial charge in [0.05, 0.1) is 12.7 Å². The van der Waals surface area contributed by atoms with Crippen molar-refractivity contribution in [2.75, 3.05) is 39.5 Å². The third-order valence-corrected chi connectivity index (χ3v) is 6.16. The SMILES string of the molecule is CC(C)n1cc2cccc(C(=O)CCC3CN(CC4CCOCC4)CCO3)c2n1. The fourth-order valence-electron chi connectivity index (χ4n) is 4.40. The van der Waals surface area contributed by atoms with Gasteiger partial charge < -0.3 is 9.47 Å². The maximum Gasteiger partial charge on any atom is 0.165 e. The van der Waals surface area contributed by atoms with E-state index in [0.29, 0.717) is 6.42 Å². The molecule has 4 rings (SSSR count). The molecule has 0 spiro atoms. The second-order valence-electron chi connectivity index (χ2n) is 8.72. The molecule has 0 radical (unpaired) electrons. The molecule has 0 bridgehead atoms. The molecular formula is C23H33N3O3. The fourth-order valence-corrected chi connectivity index (χ4v) is 4.40. The summed E-state index contributed by atoms with van der Waals surface area (Å²) in [4.78, 5) is 15.5. The Hall–Kier alpha value is -1.76. The van der Waals surface area contributed by atoms with Crippen molar-refractivity contribution >= 4 is 16.7 Å². The normalized spacial score (nSPS) is 21.8. The monoisotopic (exact) mass is 399 g/mol. The first-order valence-electron chi connectivity index (χ1n) is 11.0. The maximum absolute atomic E-state index is 12.9. The lowest BCUT2D eigenvalue weighted by molar-refractivity contribution is -0.0425. The summed E-state index contributed by atoms with van der Waals surface area (Å²) in [5.74, 6) is 0.896. The van der Waals surface area contributed by atoms with Crippen molar-refractivity contribution in [2.24, 2.45) is 5.92 Å². The summed E-state index contributed by atoms with van der Waals surface area (Å²) in [6.45, 7) is 9.79. The Morgan fingerprint density at radius 1 is 1.24 bits per heavy atom. The van der Waals surface area contributed by atoms with E-state index in [9.17, 15) is 4.79 Å². The number of aromatic nitrogens is 2. The summed E-state index contributed by atoms with van der Waals surface area (Å²) in [6.07, 6.45) is 5.75. The van der Waals surface area contributed by atoms with Crippen LogP contribution < -0.4 is 0 Å². The van der Waals surface area contributed by atoms with Gasteiger partial charge in [-0.15, -0.1) is 0 Å². The number of nitrogens with zero attached hydrogens (tertiary/aromatic N) is 3. The van der Waals surface area contributed by atoms with E-state index in [1.165, 1.54) is 0 Å². The standard InChI is InChI=1S/C23H33N3O3/c1-17(2)26-15-19-4-3-5-21(23(19)24-26)22(27)7-6-20-16-25(10-13-29-20)14-18-8-11-28-12-9-18/h3-5,15,17-18,20H,6-14,16H2,1-2H3. The molecule has 2 saturated heterocycles. The Labute approximate surface area is 173 Å². The predicted molar refractivity (Wildman–Crippen MR) is 113 cm³/mol. The molecule has 2 fully saturated rings. The first-order chi connectivity index (χ1) is 14.1. The van der Waals surface area contributed by atoms with E-state index in [1.807, 2.05) is 29.1 Å². The number of Topliss-reactive ketones (excluding diaryl/α,β-unsaturated/α-hetero) is 1. The Balaban J connectivity index is 1.34. The Morgan fingerprint density at radius 2 is 2.07 bits per heavy atom. The molecule has 29 heavy (non-hydrogen) atoms. The van der Waals surface area contributed by atoms with Crippen molar-refractivity contribution in [3.8, 4) is 0 Å². The third kappa shape index (κ3) is 5.05. The zero-order chi connectivity index (χ0) is 20.2. The van der Waals surface area contributed by atoms with Crippen LogP contribution in [0.25, 0.3) is 10.9 Å². The van der Waals surface area contributed by atoms with Gasteiger partial charge in [-0.25, -0.2) is 0 Å². The van der Waals surface area contributed by atoms with E-state index in [-0.39, 0.29) is 17.9 Å². The number of hydrogen-bond acceptors (Lipinski definition) is 5. The van der Waals surface area contributed by atoms with Crippen LogP contribution in [-0.2, 0) is 9.47 Å². The molecule has 0 amide bonds. The van der Waals surface area contributed by atoms with E-state index in [4.69, 9.17) is 9.47 Å². The highest BCUT2D eigenvalue weighted by molar-refractivity contribution is 6.06. The van der Waals surface area contributed by atoms with Crippen LogP contribution in [0.15, 0.2) is 24.4 Å². The quantitative estimate of drug-likeness (QED) is 0.665. The Kier molecular flexibility index (Phi) is 6.63. The third-order valence-electron chi connectivity index (χ3n) is 6.16. The zero-order valence-electron chi connectivity index (χ0n) is 17.7. The number of fused-ring (bicyclic) bond motifs is 1. The largest absolute Gasteiger partial charge is 0.381 e. The molecule has 6 heteroatoms. The molecule has 1 aromatic heterocycles. The number of carbonyl (C=O) groups is 1. The lowest BCUT2D eigenvalue weighted by atomic mass is 9.98. The van der Waals surface area contributed by atoms with Crippen molar-refractivity contribution < 1.29 is 14.3 Å². The van der Waals surface area contributed by atoms with Crippen LogP contribution in [-0.4, -0.2) is 66.0 Å². The molecule has 0 saturated carbocycles. The molecule has 2 aliphatic heterocycles. The zero-order valence-corrected chi connectivity index (χ0v) is 17.7. The van der Waals surface area contributed by atoms with Crippen LogP contribution in [0.3, 0.4) is 0 Å². The van der Waals surface area contributed by atoms with E-state index >= 15 is 0 Å². The number of carbonyl (C=O) groups excluding carboxylic acids is 1. The van der Waals surface area contributed by atoms with Crippen molar-refractivity contribution in [1.29, 1.82) is 0 Å². The first-order valence-corrected chi connectivity index (χ1v) is 11.0. The number of rotatable bonds is 7. The number of benzene rings is 1. The summed E-state index contributed by atoms with van der Waals surface area (Å²) in [5.41, 5.74) is 1.55. The molecule has 0 N–H and O–H groups in total. The first kappa shape index (κ1) is 20.5. The van der Waals surface area contributed by atoms with Gasteiger partial charge in [0.2, 0.25) is 0 Å². The van der Waals surface area contributed by atoms with E-state index in [1.54, 1.807) is 0 Å². The molecule has 6 nitrogen and oxygen atoms in total. The lowest BCUT2D eigenvalue weighted by Gasteiger charge is -2.36. The van der Waals surface area contributed by atoms with Crippen LogP contribution in [0.5, 0.6) is 0 Å². The summed E-state index contributed by atoms with van der Waals surface area (Å²) < 4.78 is 13.4. The summed E-state index contributed by atoms with van der Waals surface area (Å²) >= 11 is 0.